The molecule has 0 atom stereocenters. The van der Waals surface area contributed by atoms with Crippen LogP contribution in [0.25, 0.3) is 22.4 Å². The largest absolute Gasteiger partial charge is 0.478 e. The van der Waals surface area contributed by atoms with Crippen molar-refractivity contribution in [2.24, 2.45) is 0 Å². The molecule has 1 heterocycles. The first-order valence-corrected chi connectivity index (χ1v) is 6.52. The highest BCUT2D eigenvalue weighted by Crippen LogP contribution is 2.29. The summed E-state index contributed by atoms with van der Waals surface area (Å²) in [5, 5.41) is 9.45. The highest BCUT2D eigenvalue weighted by atomic mass is 35.5. The monoisotopic (exact) mass is 304 g/mol. The third-order valence-electron chi connectivity index (χ3n) is 3.18. The van der Waals surface area contributed by atoms with Crippen LogP contribution in [0.3, 0.4) is 0 Å². The lowest BCUT2D eigenvalue weighted by atomic mass is 10.1. The van der Waals surface area contributed by atoms with E-state index in [0.717, 1.165) is 11.6 Å². The van der Waals surface area contributed by atoms with E-state index in [1.807, 2.05) is 19.1 Å². The van der Waals surface area contributed by atoms with E-state index in [4.69, 9.17) is 16.7 Å². The number of imidazole rings is 1. The number of rotatable bonds is 2. The lowest BCUT2D eigenvalue weighted by molar-refractivity contribution is 0.0692. The van der Waals surface area contributed by atoms with Gasteiger partial charge in [0.1, 0.15) is 11.6 Å². The van der Waals surface area contributed by atoms with Crippen molar-refractivity contribution in [3.8, 4) is 11.4 Å². The van der Waals surface area contributed by atoms with Crippen LogP contribution in [-0.4, -0.2) is 21.0 Å². The molecule has 0 radical (unpaired) electrons. The summed E-state index contributed by atoms with van der Waals surface area (Å²) in [5.74, 6) is -1.66. The van der Waals surface area contributed by atoms with E-state index in [1.54, 1.807) is 6.07 Å². The van der Waals surface area contributed by atoms with Gasteiger partial charge in [-0.25, -0.2) is 14.2 Å². The normalized spacial score (nSPS) is 11.0. The Bertz CT molecular complexity index is 873. The Hall–Kier alpha value is -2.40. The van der Waals surface area contributed by atoms with Crippen molar-refractivity contribution in [3.63, 3.8) is 0 Å². The molecule has 0 saturated carbocycles. The summed E-state index contributed by atoms with van der Waals surface area (Å²) in [4.78, 5) is 18.2. The second kappa shape index (κ2) is 4.86. The van der Waals surface area contributed by atoms with Crippen LogP contribution < -0.4 is 0 Å². The number of hydrogen-bond acceptors (Lipinski definition) is 2. The highest BCUT2D eigenvalue weighted by molar-refractivity contribution is 6.33. The van der Waals surface area contributed by atoms with Gasteiger partial charge < -0.3 is 10.1 Å². The van der Waals surface area contributed by atoms with E-state index in [0.29, 0.717) is 27.4 Å². The molecule has 0 aliphatic rings. The fraction of sp³-hybridized carbons (Fsp3) is 0.0667. The van der Waals surface area contributed by atoms with Crippen LogP contribution in [0.15, 0.2) is 30.3 Å². The summed E-state index contributed by atoms with van der Waals surface area (Å²) in [6, 6.07) is 7.82. The molecule has 106 valence electrons. The number of aromatic amines is 1. The van der Waals surface area contributed by atoms with Gasteiger partial charge in [-0.3, -0.25) is 0 Å². The Labute approximate surface area is 124 Å². The topological polar surface area (TPSA) is 66.0 Å². The Morgan fingerprint density at radius 1 is 1.33 bits per heavy atom. The number of aryl methyl sites for hydroxylation is 1. The van der Waals surface area contributed by atoms with Gasteiger partial charge in [0.15, 0.2) is 0 Å². The minimum Gasteiger partial charge on any atom is -0.478 e. The third kappa shape index (κ3) is 2.36. The van der Waals surface area contributed by atoms with Crippen molar-refractivity contribution >= 4 is 28.6 Å². The Morgan fingerprint density at radius 3 is 2.76 bits per heavy atom. The number of aromatic carboxylic acids is 1. The zero-order chi connectivity index (χ0) is 15.1. The molecular formula is C15H10ClFN2O2. The molecule has 1 aromatic heterocycles. The molecular weight excluding hydrogens is 295 g/mol. The van der Waals surface area contributed by atoms with E-state index in [9.17, 15) is 9.18 Å². The smallest absolute Gasteiger partial charge is 0.338 e. The van der Waals surface area contributed by atoms with Crippen LogP contribution in [-0.2, 0) is 0 Å². The SMILES string of the molecule is Cc1ccc(-c2nc3cc(C(=O)O)c(F)cc3[nH]2)c(Cl)c1. The number of nitrogens with zero attached hydrogens (tertiary/aromatic N) is 1. The molecule has 0 aliphatic heterocycles. The first-order chi connectivity index (χ1) is 9.95. The van der Waals surface area contributed by atoms with E-state index in [1.165, 1.54) is 6.07 Å². The second-order valence-corrected chi connectivity index (χ2v) is 5.13. The van der Waals surface area contributed by atoms with Crippen LogP contribution >= 0.6 is 11.6 Å². The average Bonchev–Trinajstić information content (AvgIpc) is 2.79. The molecule has 0 fully saturated rings. The number of H-pyrrole nitrogens is 1. The summed E-state index contributed by atoms with van der Waals surface area (Å²) in [6.45, 7) is 1.92. The molecule has 2 N–H and O–H groups in total. The summed E-state index contributed by atoms with van der Waals surface area (Å²) < 4.78 is 13.7. The van der Waals surface area contributed by atoms with Crippen LogP contribution in [0.2, 0.25) is 5.02 Å². The van der Waals surface area contributed by atoms with E-state index in [-0.39, 0.29) is 0 Å². The summed E-state index contributed by atoms with van der Waals surface area (Å²) in [6.07, 6.45) is 0. The maximum atomic E-state index is 13.7. The van der Waals surface area contributed by atoms with Crippen molar-refractivity contribution in [1.29, 1.82) is 0 Å². The number of carboxylic acids is 1. The zero-order valence-electron chi connectivity index (χ0n) is 10.9. The first kappa shape index (κ1) is 13.6. The van der Waals surface area contributed by atoms with Gasteiger partial charge in [0.25, 0.3) is 0 Å². The minimum atomic E-state index is -1.33. The van der Waals surface area contributed by atoms with Gasteiger partial charge >= 0.3 is 5.97 Å². The number of fused-ring (bicyclic) bond motifs is 1. The van der Waals surface area contributed by atoms with Crippen molar-refractivity contribution in [1.82, 2.24) is 9.97 Å². The van der Waals surface area contributed by atoms with Crippen molar-refractivity contribution in [3.05, 3.63) is 52.3 Å². The van der Waals surface area contributed by atoms with Crippen LogP contribution in [0.1, 0.15) is 15.9 Å². The third-order valence-corrected chi connectivity index (χ3v) is 3.49. The quantitative estimate of drug-likeness (QED) is 0.751. The molecule has 21 heavy (non-hydrogen) atoms. The van der Waals surface area contributed by atoms with Gasteiger partial charge in [0, 0.05) is 11.6 Å². The fourth-order valence-corrected chi connectivity index (χ4v) is 2.46. The van der Waals surface area contributed by atoms with Gasteiger partial charge in [-0.2, -0.15) is 0 Å². The molecule has 4 nitrogen and oxygen atoms in total. The van der Waals surface area contributed by atoms with Crippen molar-refractivity contribution in [2.75, 3.05) is 0 Å². The highest BCUT2D eigenvalue weighted by Gasteiger charge is 2.15. The van der Waals surface area contributed by atoms with Gasteiger partial charge in [0.2, 0.25) is 0 Å². The number of halogens is 2. The molecule has 2 aromatic carbocycles. The molecule has 0 amide bonds. The predicted octanol–water partition coefficient (Wildman–Crippen LogP) is 4.03. The van der Waals surface area contributed by atoms with Crippen molar-refractivity contribution in [2.45, 2.75) is 6.92 Å². The number of benzene rings is 2. The summed E-state index contributed by atoms with van der Waals surface area (Å²) in [5.41, 5.74) is 2.08. The average molecular weight is 305 g/mol. The lowest BCUT2D eigenvalue weighted by Gasteiger charge is -2.01. The minimum absolute atomic E-state index is 0.375. The van der Waals surface area contributed by atoms with E-state index >= 15 is 0 Å². The summed E-state index contributed by atoms with van der Waals surface area (Å²) in [7, 11) is 0. The first-order valence-electron chi connectivity index (χ1n) is 6.15. The van der Waals surface area contributed by atoms with Crippen LogP contribution in [0.5, 0.6) is 0 Å². The van der Waals surface area contributed by atoms with E-state index in [2.05, 4.69) is 9.97 Å². The molecule has 0 aliphatic carbocycles. The summed E-state index contributed by atoms with van der Waals surface area (Å²) >= 11 is 6.18. The van der Waals surface area contributed by atoms with Gasteiger partial charge in [-0.05, 0) is 30.7 Å². The standard InChI is InChI=1S/C15H10ClFN2O2/c1-7-2-3-8(10(16)4-7)14-18-12-5-9(15(20)21)11(17)6-13(12)19-14/h2-6H,1H3,(H,18,19)(H,20,21). The van der Waals surface area contributed by atoms with Gasteiger partial charge in [0.05, 0.1) is 21.6 Å². The van der Waals surface area contributed by atoms with Gasteiger partial charge in [-0.1, -0.05) is 17.7 Å². The molecule has 6 heteroatoms. The Morgan fingerprint density at radius 2 is 2.10 bits per heavy atom. The molecule has 3 rings (SSSR count). The maximum absolute atomic E-state index is 13.7. The van der Waals surface area contributed by atoms with Crippen molar-refractivity contribution < 1.29 is 14.3 Å². The fourth-order valence-electron chi connectivity index (χ4n) is 2.13. The van der Waals surface area contributed by atoms with Crippen LogP contribution in [0.4, 0.5) is 4.39 Å². The Balaban J connectivity index is 2.19. The number of aromatic nitrogens is 2. The van der Waals surface area contributed by atoms with Gasteiger partial charge in [-0.15, -0.1) is 0 Å². The Kier molecular flexibility index (Phi) is 3.14. The number of carbonyl (C=O) groups is 1. The number of nitrogens with one attached hydrogen (secondary N) is 1. The molecule has 0 bridgehead atoms. The maximum Gasteiger partial charge on any atom is 0.338 e. The lowest BCUT2D eigenvalue weighted by Crippen LogP contribution is -1.99. The second-order valence-electron chi connectivity index (χ2n) is 4.72. The van der Waals surface area contributed by atoms with E-state index < -0.39 is 17.3 Å². The zero-order valence-corrected chi connectivity index (χ0v) is 11.7. The number of hydrogen-bond donors (Lipinski definition) is 2. The van der Waals surface area contributed by atoms with Crippen LogP contribution in [0, 0.1) is 12.7 Å². The molecule has 0 spiro atoms. The molecule has 3 aromatic rings. The predicted molar refractivity (Wildman–Crippen MR) is 78.2 cm³/mol. The molecule has 0 saturated heterocycles. The number of carboxylic acid groups (broad SMARTS) is 1. The molecule has 0 unspecified atom stereocenters.